The largest absolute Gasteiger partial charge is 0.497 e. The lowest BCUT2D eigenvalue weighted by atomic mass is 9.76. The Balaban J connectivity index is 1.75. The minimum absolute atomic E-state index is 0.330. The van der Waals surface area contributed by atoms with Gasteiger partial charge in [0, 0.05) is 12.3 Å². The predicted octanol–water partition coefficient (Wildman–Crippen LogP) is 5.51. The molecule has 0 aromatic heterocycles. The Kier molecular flexibility index (Phi) is 6.95. The molecule has 0 spiro atoms. The second-order valence-corrected chi connectivity index (χ2v) is 6.60. The Hall–Kier alpha value is -1.31. The SMILES string of the molecule is CCCCCCC(=O)C1CCC(c2ccc(OC)cc2)CC1. The smallest absolute Gasteiger partial charge is 0.135 e. The van der Waals surface area contributed by atoms with E-state index in [1.165, 1.54) is 24.8 Å². The summed E-state index contributed by atoms with van der Waals surface area (Å²) in [5.41, 5.74) is 1.40. The van der Waals surface area contributed by atoms with Crippen molar-refractivity contribution in [1.82, 2.24) is 0 Å². The summed E-state index contributed by atoms with van der Waals surface area (Å²) >= 11 is 0. The third kappa shape index (κ3) is 4.86. The fourth-order valence-corrected chi connectivity index (χ4v) is 3.55. The zero-order chi connectivity index (χ0) is 15.8. The molecule has 2 rings (SSSR count). The number of hydrogen-bond acceptors (Lipinski definition) is 2. The van der Waals surface area contributed by atoms with Crippen LogP contribution >= 0.6 is 0 Å². The second kappa shape index (κ2) is 8.97. The van der Waals surface area contributed by atoms with E-state index in [2.05, 4.69) is 19.1 Å². The van der Waals surface area contributed by atoms with Crippen LogP contribution in [0.15, 0.2) is 24.3 Å². The van der Waals surface area contributed by atoms with Crippen LogP contribution in [0.1, 0.15) is 76.2 Å². The summed E-state index contributed by atoms with van der Waals surface area (Å²) in [5, 5.41) is 0. The predicted molar refractivity (Wildman–Crippen MR) is 91.5 cm³/mol. The van der Waals surface area contributed by atoms with Gasteiger partial charge in [0.15, 0.2) is 0 Å². The highest BCUT2D eigenvalue weighted by Crippen LogP contribution is 2.37. The molecule has 122 valence electrons. The molecule has 0 saturated heterocycles. The molecule has 0 heterocycles. The van der Waals surface area contributed by atoms with Crippen LogP contribution in [-0.2, 0) is 4.79 Å². The summed E-state index contributed by atoms with van der Waals surface area (Å²) < 4.78 is 5.22. The zero-order valence-electron chi connectivity index (χ0n) is 14.1. The number of methoxy groups -OCH3 is 1. The van der Waals surface area contributed by atoms with Crippen LogP contribution in [0.25, 0.3) is 0 Å². The number of ether oxygens (including phenoxy) is 1. The van der Waals surface area contributed by atoms with Crippen LogP contribution in [0.5, 0.6) is 5.75 Å². The third-order valence-corrected chi connectivity index (χ3v) is 5.05. The molecule has 1 aliphatic carbocycles. The van der Waals surface area contributed by atoms with Gasteiger partial charge in [0.05, 0.1) is 7.11 Å². The van der Waals surface area contributed by atoms with Gasteiger partial charge in [0.2, 0.25) is 0 Å². The molecule has 1 aliphatic rings. The Morgan fingerprint density at radius 2 is 1.73 bits per heavy atom. The maximum absolute atomic E-state index is 12.3. The summed E-state index contributed by atoms with van der Waals surface area (Å²) in [6.07, 6.45) is 10.0. The van der Waals surface area contributed by atoms with Gasteiger partial charge in [-0.3, -0.25) is 4.79 Å². The number of unbranched alkanes of at least 4 members (excludes halogenated alkanes) is 3. The molecule has 0 radical (unpaired) electrons. The molecule has 1 aromatic rings. The quantitative estimate of drug-likeness (QED) is 0.592. The Morgan fingerprint density at radius 3 is 2.32 bits per heavy atom. The van der Waals surface area contributed by atoms with E-state index in [0.29, 0.717) is 17.6 Å². The van der Waals surface area contributed by atoms with Gasteiger partial charge in [-0.15, -0.1) is 0 Å². The van der Waals surface area contributed by atoms with Crippen molar-refractivity contribution in [1.29, 1.82) is 0 Å². The fourth-order valence-electron chi connectivity index (χ4n) is 3.55. The number of benzene rings is 1. The van der Waals surface area contributed by atoms with Crippen molar-refractivity contribution >= 4 is 5.78 Å². The second-order valence-electron chi connectivity index (χ2n) is 6.60. The van der Waals surface area contributed by atoms with Crippen LogP contribution in [0, 0.1) is 5.92 Å². The lowest BCUT2D eigenvalue weighted by Gasteiger charge is -2.28. The summed E-state index contributed by atoms with van der Waals surface area (Å²) in [5.74, 6) is 2.38. The number of ketones is 1. The highest BCUT2D eigenvalue weighted by molar-refractivity contribution is 5.81. The lowest BCUT2D eigenvalue weighted by Crippen LogP contribution is -2.21. The highest BCUT2D eigenvalue weighted by Gasteiger charge is 2.26. The van der Waals surface area contributed by atoms with Crippen molar-refractivity contribution in [3.05, 3.63) is 29.8 Å². The summed E-state index contributed by atoms with van der Waals surface area (Å²) in [4.78, 5) is 12.3. The van der Waals surface area contributed by atoms with E-state index in [4.69, 9.17) is 4.74 Å². The van der Waals surface area contributed by atoms with E-state index < -0.39 is 0 Å². The highest BCUT2D eigenvalue weighted by atomic mass is 16.5. The monoisotopic (exact) mass is 302 g/mol. The topological polar surface area (TPSA) is 26.3 Å². The molecule has 1 saturated carbocycles. The molecule has 0 unspecified atom stereocenters. The molecule has 0 N–H and O–H groups in total. The Bertz CT molecular complexity index is 441. The van der Waals surface area contributed by atoms with Crippen molar-refractivity contribution in [2.24, 2.45) is 5.92 Å². The number of carbonyl (C=O) groups is 1. The molecule has 0 bridgehead atoms. The van der Waals surface area contributed by atoms with E-state index in [1.807, 2.05) is 12.1 Å². The van der Waals surface area contributed by atoms with Crippen molar-refractivity contribution in [3.8, 4) is 5.75 Å². The first kappa shape index (κ1) is 17.1. The molecular weight excluding hydrogens is 272 g/mol. The molecule has 0 amide bonds. The molecule has 1 fully saturated rings. The van der Waals surface area contributed by atoms with Gasteiger partial charge in [-0.1, -0.05) is 38.3 Å². The minimum atomic E-state index is 0.330. The van der Waals surface area contributed by atoms with Crippen molar-refractivity contribution in [2.75, 3.05) is 7.11 Å². The van der Waals surface area contributed by atoms with E-state index >= 15 is 0 Å². The number of hydrogen-bond donors (Lipinski definition) is 0. The fraction of sp³-hybridized carbons (Fsp3) is 0.650. The maximum Gasteiger partial charge on any atom is 0.135 e. The van der Waals surface area contributed by atoms with Gasteiger partial charge in [-0.05, 0) is 55.7 Å². The molecule has 2 nitrogen and oxygen atoms in total. The molecule has 0 aliphatic heterocycles. The first-order valence-corrected chi connectivity index (χ1v) is 8.91. The Morgan fingerprint density at radius 1 is 1.05 bits per heavy atom. The van der Waals surface area contributed by atoms with Crippen LogP contribution < -0.4 is 4.74 Å². The summed E-state index contributed by atoms with van der Waals surface area (Å²) in [6.45, 7) is 2.21. The third-order valence-electron chi connectivity index (χ3n) is 5.05. The van der Waals surface area contributed by atoms with Gasteiger partial charge < -0.3 is 4.74 Å². The van der Waals surface area contributed by atoms with Gasteiger partial charge in [0.1, 0.15) is 11.5 Å². The van der Waals surface area contributed by atoms with E-state index in [0.717, 1.165) is 44.3 Å². The number of rotatable bonds is 8. The number of carbonyl (C=O) groups excluding carboxylic acids is 1. The normalized spacial score (nSPS) is 21.5. The van der Waals surface area contributed by atoms with Gasteiger partial charge >= 0.3 is 0 Å². The standard InChI is InChI=1S/C20H30O2/c1-3-4-5-6-7-20(21)18-10-8-16(9-11-18)17-12-14-19(22-2)15-13-17/h12-16,18H,3-11H2,1-2H3. The van der Waals surface area contributed by atoms with Gasteiger partial charge in [-0.2, -0.15) is 0 Å². The van der Waals surface area contributed by atoms with Crippen molar-refractivity contribution in [2.45, 2.75) is 70.6 Å². The first-order valence-electron chi connectivity index (χ1n) is 8.91. The van der Waals surface area contributed by atoms with Crippen LogP contribution in [0.4, 0.5) is 0 Å². The molecule has 0 atom stereocenters. The van der Waals surface area contributed by atoms with Crippen LogP contribution in [-0.4, -0.2) is 12.9 Å². The minimum Gasteiger partial charge on any atom is -0.497 e. The molecule has 2 heteroatoms. The zero-order valence-corrected chi connectivity index (χ0v) is 14.1. The molecular formula is C20H30O2. The van der Waals surface area contributed by atoms with E-state index in [1.54, 1.807) is 7.11 Å². The van der Waals surface area contributed by atoms with E-state index in [9.17, 15) is 4.79 Å². The van der Waals surface area contributed by atoms with Gasteiger partial charge in [0.25, 0.3) is 0 Å². The maximum atomic E-state index is 12.3. The van der Waals surface area contributed by atoms with Crippen LogP contribution in [0.3, 0.4) is 0 Å². The van der Waals surface area contributed by atoms with Crippen molar-refractivity contribution < 1.29 is 9.53 Å². The lowest BCUT2D eigenvalue weighted by molar-refractivity contribution is -0.124. The first-order chi connectivity index (χ1) is 10.7. The van der Waals surface area contributed by atoms with Gasteiger partial charge in [-0.25, -0.2) is 0 Å². The van der Waals surface area contributed by atoms with Crippen LogP contribution in [0.2, 0.25) is 0 Å². The average Bonchev–Trinajstić information content (AvgIpc) is 2.59. The summed E-state index contributed by atoms with van der Waals surface area (Å²) in [7, 11) is 1.70. The molecule has 22 heavy (non-hydrogen) atoms. The van der Waals surface area contributed by atoms with Crippen molar-refractivity contribution in [3.63, 3.8) is 0 Å². The average molecular weight is 302 g/mol. The summed E-state index contributed by atoms with van der Waals surface area (Å²) in [6, 6.07) is 8.44. The van der Waals surface area contributed by atoms with E-state index in [-0.39, 0.29) is 0 Å². The number of Topliss-reactive ketones (excluding diaryl/α,β-unsaturated/α-hetero) is 1. The Labute approximate surface area is 135 Å². The molecule has 1 aromatic carbocycles.